The lowest BCUT2D eigenvalue weighted by molar-refractivity contribution is -0.111. The fraction of sp³-hybridized carbons (Fsp3) is 0.125. The highest BCUT2D eigenvalue weighted by molar-refractivity contribution is 6.07. The van der Waals surface area contributed by atoms with E-state index in [0.717, 1.165) is 0 Å². The second kappa shape index (κ2) is 10.6. The fourth-order valence-electron chi connectivity index (χ4n) is 2.59. The Morgan fingerprint density at radius 1 is 1.07 bits per heavy atom. The summed E-state index contributed by atoms with van der Waals surface area (Å²) in [6.07, 6.45) is 10.9. The lowest BCUT2D eigenvalue weighted by Crippen LogP contribution is -2.02. The summed E-state index contributed by atoms with van der Waals surface area (Å²) in [6, 6.07) is 9.19. The van der Waals surface area contributed by atoms with Crippen molar-refractivity contribution >= 4 is 17.9 Å². The van der Waals surface area contributed by atoms with Crippen LogP contribution in [0, 0.1) is 12.3 Å². The topological polar surface area (TPSA) is 107 Å². The first-order valence-corrected chi connectivity index (χ1v) is 8.95. The number of hydrogen-bond acceptors (Lipinski definition) is 6. The molecule has 0 aliphatic rings. The molecule has 0 aliphatic heterocycles. The smallest absolute Gasteiger partial charge is 0.186 e. The van der Waals surface area contributed by atoms with E-state index in [0.29, 0.717) is 16.7 Å². The average Bonchev–Trinajstić information content (AvgIpc) is 2.75. The highest BCUT2D eigenvalue weighted by Gasteiger charge is 2.11. The molecule has 0 saturated heterocycles. The molecular weight excluding hydrogens is 384 g/mol. The third kappa shape index (κ3) is 5.77. The van der Waals surface area contributed by atoms with E-state index in [1.807, 2.05) is 0 Å². The number of allylic oxidation sites excluding steroid dienone is 3. The average molecular weight is 406 g/mol. The zero-order valence-corrected chi connectivity index (χ0v) is 16.4. The van der Waals surface area contributed by atoms with Gasteiger partial charge >= 0.3 is 0 Å². The van der Waals surface area contributed by atoms with E-state index in [4.69, 9.17) is 11.2 Å². The monoisotopic (exact) mass is 406 g/mol. The maximum atomic E-state index is 12.5. The largest absolute Gasteiger partial charge is 0.508 e. The molecule has 6 heteroatoms. The molecule has 154 valence electrons. The number of aliphatic hydroxyl groups excluding tert-OH is 2. The van der Waals surface area contributed by atoms with Crippen LogP contribution in [0.2, 0.25) is 0 Å². The number of aromatic hydroxyl groups is 2. The van der Waals surface area contributed by atoms with Crippen LogP contribution in [0.15, 0.2) is 59.9 Å². The van der Waals surface area contributed by atoms with Crippen LogP contribution in [0.1, 0.15) is 23.1 Å². The number of terminal acetylenes is 1. The Morgan fingerprint density at radius 2 is 1.70 bits per heavy atom. The van der Waals surface area contributed by atoms with Crippen molar-refractivity contribution in [3.05, 3.63) is 76.6 Å². The van der Waals surface area contributed by atoms with Crippen LogP contribution in [0.5, 0.6) is 17.2 Å². The Labute approximate surface area is 174 Å². The molecule has 2 aromatic carbocycles. The summed E-state index contributed by atoms with van der Waals surface area (Å²) in [6.45, 7) is -0.336. The van der Waals surface area contributed by atoms with Gasteiger partial charge in [0.1, 0.15) is 11.5 Å². The van der Waals surface area contributed by atoms with Gasteiger partial charge in [-0.25, -0.2) is 0 Å². The molecule has 0 heterocycles. The van der Waals surface area contributed by atoms with E-state index in [1.54, 1.807) is 30.3 Å². The van der Waals surface area contributed by atoms with Crippen molar-refractivity contribution in [2.24, 2.45) is 0 Å². The molecule has 4 N–H and O–H groups in total. The van der Waals surface area contributed by atoms with Gasteiger partial charge in [-0.2, -0.15) is 0 Å². The SMILES string of the molecule is C#CC/C(C(=O)/C=C/c1ccc(O)c(CO)c1)=C(O)\C=C\c1ccc(O)c(OC)c1. The molecule has 30 heavy (non-hydrogen) atoms. The molecule has 0 bridgehead atoms. The van der Waals surface area contributed by atoms with Crippen LogP contribution in [-0.4, -0.2) is 33.3 Å². The first kappa shape index (κ1) is 22.3. The molecule has 0 aromatic heterocycles. The Balaban J connectivity index is 2.26. The van der Waals surface area contributed by atoms with Crippen LogP contribution in [0.25, 0.3) is 12.2 Å². The number of aliphatic hydroxyl groups is 2. The Kier molecular flexibility index (Phi) is 7.86. The van der Waals surface area contributed by atoms with Gasteiger partial charge in [0.25, 0.3) is 0 Å². The fourth-order valence-corrected chi connectivity index (χ4v) is 2.59. The van der Waals surface area contributed by atoms with Crippen LogP contribution < -0.4 is 4.74 Å². The minimum Gasteiger partial charge on any atom is -0.508 e. The molecule has 0 spiro atoms. The van der Waals surface area contributed by atoms with Crippen molar-refractivity contribution in [2.45, 2.75) is 13.0 Å². The van der Waals surface area contributed by atoms with Gasteiger partial charge in [0.05, 0.1) is 19.3 Å². The van der Waals surface area contributed by atoms with Crippen LogP contribution in [0.3, 0.4) is 0 Å². The highest BCUT2D eigenvalue weighted by Crippen LogP contribution is 2.27. The van der Waals surface area contributed by atoms with Gasteiger partial charge in [-0.05, 0) is 47.5 Å². The Morgan fingerprint density at radius 3 is 2.33 bits per heavy atom. The summed E-state index contributed by atoms with van der Waals surface area (Å²) in [5.41, 5.74) is 1.60. The number of benzene rings is 2. The summed E-state index contributed by atoms with van der Waals surface area (Å²) < 4.78 is 5.04. The first-order chi connectivity index (χ1) is 14.4. The van der Waals surface area contributed by atoms with Gasteiger partial charge in [-0.1, -0.05) is 24.3 Å². The molecule has 0 aliphatic carbocycles. The number of phenolic OH excluding ortho intramolecular Hbond substituents is 1. The zero-order valence-electron chi connectivity index (χ0n) is 16.4. The summed E-state index contributed by atoms with van der Waals surface area (Å²) >= 11 is 0. The van der Waals surface area contributed by atoms with Crippen molar-refractivity contribution in [2.75, 3.05) is 7.11 Å². The van der Waals surface area contributed by atoms with E-state index in [1.165, 1.54) is 37.5 Å². The Hall–Kier alpha value is -3.95. The summed E-state index contributed by atoms with van der Waals surface area (Å²) in [4.78, 5) is 12.5. The highest BCUT2D eigenvalue weighted by atomic mass is 16.5. The van der Waals surface area contributed by atoms with Gasteiger partial charge in [0.2, 0.25) is 0 Å². The van der Waals surface area contributed by atoms with Gasteiger partial charge in [-0.3, -0.25) is 4.79 Å². The number of carbonyl (C=O) groups is 1. The van der Waals surface area contributed by atoms with Crippen molar-refractivity contribution in [1.29, 1.82) is 0 Å². The molecule has 2 aromatic rings. The molecule has 2 rings (SSSR count). The molecule has 6 nitrogen and oxygen atoms in total. The van der Waals surface area contributed by atoms with Crippen LogP contribution in [-0.2, 0) is 11.4 Å². The summed E-state index contributed by atoms with van der Waals surface area (Å²) in [5.74, 6) is 1.82. The maximum absolute atomic E-state index is 12.5. The first-order valence-electron chi connectivity index (χ1n) is 8.95. The maximum Gasteiger partial charge on any atom is 0.186 e. The van der Waals surface area contributed by atoms with Crippen molar-refractivity contribution in [1.82, 2.24) is 0 Å². The molecule has 0 fully saturated rings. The number of phenols is 2. The second-order valence-electron chi connectivity index (χ2n) is 6.25. The van der Waals surface area contributed by atoms with E-state index in [9.17, 15) is 25.2 Å². The molecule has 0 amide bonds. The third-order valence-electron chi connectivity index (χ3n) is 4.22. The van der Waals surface area contributed by atoms with Gasteiger partial charge < -0.3 is 25.2 Å². The van der Waals surface area contributed by atoms with Gasteiger partial charge in [0.15, 0.2) is 17.3 Å². The van der Waals surface area contributed by atoms with Crippen molar-refractivity contribution in [3.63, 3.8) is 0 Å². The molecule has 0 atom stereocenters. The zero-order chi connectivity index (χ0) is 22.1. The predicted molar refractivity (Wildman–Crippen MR) is 115 cm³/mol. The Bertz CT molecular complexity index is 1050. The molecule has 0 radical (unpaired) electrons. The van der Waals surface area contributed by atoms with Gasteiger partial charge in [0, 0.05) is 12.0 Å². The number of rotatable bonds is 8. The molecule has 0 saturated carbocycles. The van der Waals surface area contributed by atoms with Crippen molar-refractivity contribution in [3.8, 4) is 29.6 Å². The predicted octanol–water partition coefficient (Wildman–Crippen LogP) is 3.73. The summed E-state index contributed by atoms with van der Waals surface area (Å²) in [5, 5.41) is 38.8. The number of ether oxygens (including phenoxy) is 1. The lowest BCUT2D eigenvalue weighted by atomic mass is 10.0. The second-order valence-corrected chi connectivity index (χ2v) is 6.25. The quantitative estimate of drug-likeness (QED) is 0.230. The molecular formula is C24H22O6. The lowest BCUT2D eigenvalue weighted by Gasteiger charge is -2.05. The standard InChI is InChI=1S/C24H22O6/c1-3-4-19(21(27)10-6-16-5-9-20(26)18(13-16)15-25)22(28)11-7-17-8-12-23(29)24(14-17)30-2/h1,5-14,25-26,28-29H,4,15H2,2H3/b10-6+,11-7+,22-19-. The van der Waals surface area contributed by atoms with Crippen LogP contribution in [0.4, 0.5) is 0 Å². The van der Waals surface area contributed by atoms with Gasteiger partial charge in [-0.15, -0.1) is 12.3 Å². The van der Waals surface area contributed by atoms with E-state index >= 15 is 0 Å². The van der Waals surface area contributed by atoms with Crippen LogP contribution >= 0.6 is 0 Å². The minimum absolute atomic E-state index is 0.0127. The number of carbonyl (C=O) groups excluding carboxylic acids is 1. The van der Waals surface area contributed by atoms with E-state index in [2.05, 4.69) is 5.92 Å². The van der Waals surface area contributed by atoms with E-state index < -0.39 is 5.78 Å². The third-order valence-corrected chi connectivity index (χ3v) is 4.22. The molecule has 0 unspecified atom stereocenters. The normalized spacial score (nSPS) is 12.0. The van der Waals surface area contributed by atoms with E-state index in [-0.39, 0.29) is 41.6 Å². The minimum atomic E-state index is -0.475. The number of methoxy groups -OCH3 is 1. The number of ketones is 1. The van der Waals surface area contributed by atoms with Crippen molar-refractivity contribution < 1.29 is 30.0 Å². The number of hydrogen-bond donors (Lipinski definition) is 4. The summed E-state index contributed by atoms with van der Waals surface area (Å²) in [7, 11) is 1.42.